The number of halogens is 5. The van der Waals surface area contributed by atoms with Gasteiger partial charge in [0.25, 0.3) is 10.0 Å². The molecule has 0 bridgehead atoms. The minimum atomic E-state index is -4.45. The minimum Gasteiger partial charge on any atom is -0.276 e. The third-order valence-electron chi connectivity index (χ3n) is 2.43. The van der Waals surface area contributed by atoms with Crippen LogP contribution in [0.5, 0.6) is 0 Å². The Hall–Kier alpha value is -1.45. The Bertz CT molecular complexity index is 790. The maximum atomic E-state index is 12.2. The monoisotopic (exact) mass is 373 g/mol. The zero-order valence-electron chi connectivity index (χ0n) is 10.6. The number of nitrogens with zero attached hydrogens (tertiary/aromatic N) is 2. The van der Waals surface area contributed by atoms with Crippen LogP contribution in [0.15, 0.2) is 35.5 Å². The second-order valence-electron chi connectivity index (χ2n) is 4.22. The van der Waals surface area contributed by atoms with Gasteiger partial charge in [0, 0.05) is 6.20 Å². The smallest absolute Gasteiger partial charge is 0.276 e. The van der Waals surface area contributed by atoms with E-state index in [1.807, 2.05) is 0 Å². The molecule has 5 nitrogen and oxygen atoms in total. The van der Waals surface area contributed by atoms with Crippen molar-refractivity contribution in [3.05, 3.63) is 40.6 Å². The van der Waals surface area contributed by atoms with Gasteiger partial charge in [0.05, 0.1) is 26.8 Å². The van der Waals surface area contributed by atoms with Gasteiger partial charge in [-0.3, -0.25) is 9.40 Å². The molecule has 0 unspecified atom stereocenters. The fraction of sp³-hybridized carbons (Fsp3) is 0.182. The first-order chi connectivity index (χ1) is 10.1. The fourth-order valence-corrected chi connectivity index (χ4v) is 2.96. The Morgan fingerprint density at radius 1 is 1.23 bits per heavy atom. The summed E-state index contributed by atoms with van der Waals surface area (Å²) in [6.45, 7) is -1.32. The number of alkyl halides is 3. The second-order valence-corrected chi connectivity index (χ2v) is 6.72. The lowest BCUT2D eigenvalue weighted by atomic mass is 10.4. The Morgan fingerprint density at radius 2 is 1.91 bits per heavy atom. The Morgan fingerprint density at radius 3 is 2.50 bits per heavy atom. The summed E-state index contributed by atoms with van der Waals surface area (Å²) in [6.07, 6.45) is -2.55. The van der Waals surface area contributed by atoms with Gasteiger partial charge in [-0.05, 0) is 18.2 Å². The van der Waals surface area contributed by atoms with Gasteiger partial charge in [0.2, 0.25) is 0 Å². The van der Waals surface area contributed by atoms with E-state index >= 15 is 0 Å². The summed E-state index contributed by atoms with van der Waals surface area (Å²) >= 11 is 11.4. The van der Waals surface area contributed by atoms with E-state index in [1.54, 1.807) is 0 Å². The van der Waals surface area contributed by atoms with Gasteiger partial charge in [-0.25, -0.2) is 8.42 Å². The van der Waals surface area contributed by atoms with Gasteiger partial charge in [-0.15, -0.1) is 0 Å². The van der Waals surface area contributed by atoms with Crippen molar-refractivity contribution >= 4 is 38.9 Å². The first kappa shape index (κ1) is 16.9. The van der Waals surface area contributed by atoms with Crippen molar-refractivity contribution in [1.82, 2.24) is 9.78 Å². The number of anilines is 1. The van der Waals surface area contributed by atoms with E-state index < -0.39 is 22.7 Å². The molecule has 0 atom stereocenters. The van der Waals surface area contributed by atoms with E-state index in [9.17, 15) is 21.6 Å². The van der Waals surface area contributed by atoms with Crippen LogP contribution in [-0.2, 0) is 16.6 Å². The SMILES string of the molecule is O=S(=O)(Nc1cnn(CC(F)(F)F)c1)c1ccc(Cl)c(Cl)c1. The number of nitrogens with one attached hydrogen (secondary N) is 1. The van der Waals surface area contributed by atoms with Crippen LogP contribution in [0.4, 0.5) is 18.9 Å². The molecule has 0 radical (unpaired) electrons. The molecule has 0 saturated heterocycles. The lowest BCUT2D eigenvalue weighted by Gasteiger charge is -2.07. The fourth-order valence-electron chi connectivity index (χ4n) is 1.54. The lowest BCUT2D eigenvalue weighted by Crippen LogP contribution is -2.18. The summed E-state index contributed by atoms with van der Waals surface area (Å²) in [6, 6.07) is 3.65. The lowest BCUT2D eigenvalue weighted by molar-refractivity contribution is -0.142. The molecule has 22 heavy (non-hydrogen) atoms. The average molecular weight is 374 g/mol. The number of benzene rings is 1. The average Bonchev–Trinajstić information content (AvgIpc) is 2.76. The summed E-state index contributed by atoms with van der Waals surface area (Å²) in [7, 11) is -4.01. The summed E-state index contributed by atoms with van der Waals surface area (Å²) in [5, 5.41) is 3.65. The molecule has 0 fully saturated rings. The first-order valence-electron chi connectivity index (χ1n) is 5.64. The van der Waals surface area contributed by atoms with E-state index in [0.29, 0.717) is 4.68 Å². The van der Waals surface area contributed by atoms with Gasteiger partial charge in [-0.1, -0.05) is 23.2 Å². The summed E-state index contributed by atoms with van der Waals surface area (Å²) in [4.78, 5) is -0.175. The molecular formula is C11H8Cl2F3N3O2S. The molecule has 120 valence electrons. The highest BCUT2D eigenvalue weighted by atomic mass is 35.5. The van der Waals surface area contributed by atoms with Crippen molar-refractivity contribution in [2.75, 3.05) is 4.72 Å². The predicted molar refractivity (Wildman–Crippen MR) is 75.6 cm³/mol. The topological polar surface area (TPSA) is 64.0 Å². The van der Waals surface area contributed by atoms with E-state index in [2.05, 4.69) is 9.82 Å². The van der Waals surface area contributed by atoms with E-state index in [0.717, 1.165) is 18.5 Å². The molecule has 0 saturated carbocycles. The van der Waals surface area contributed by atoms with E-state index in [-0.39, 0.29) is 20.6 Å². The first-order valence-corrected chi connectivity index (χ1v) is 7.88. The highest BCUT2D eigenvalue weighted by Crippen LogP contribution is 2.26. The minimum absolute atomic E-state index is 0.0392. The zero-order chi connectivity index (χ0) is 16.5. The molecule has 2 rings (SSSR count). The Kier molecular flexibility index (Phi) is 4.59. The van der Waals surface area contributed by atoms with Gasteiger partial charge >= 0.3 is 6.18 Å². The highest BCUT2D eigenvalue weighted by Gasteiger charge is 2.28. The van der Waals surface area contributed by atoms with Crippen molar-refractivity contribution in [3.8, 4) is 0 Å². The Labute approximate surface area is 133 Å². The highest BCUT2D eigenvalue weighted by molar-refractivity contribution is 7.92. The third-order valence-corrected chi connectivity index (χ3v) is 4.55. The number of rotatable bonds is 4. The molecule has 0 aliphatic carbocycles. The predicted octanol–water partition coefficient (Wildman–Crippen LogP) is 3.55. The Balaban J connectivity index is 2.20. The molecule has 1 aromatic carbocycles. The van der Waals surface area contributed by atoms with Crippen LogP contribution >= 0.6 is 23.2 Å². The standard InChI is InChI=1S/C11H8Cl2F3N3O2S/c12-9-2-1-8(3-10(9)13)22(20,21)18-7-4-17-19(5-7)6-11(14,15)16/h1-5,18H,6H2. The summed E-state index contributed by atoms with van der Waals surface area (Å²) in [5.41, 5.74) is -0.102. The van der Waals surface area contributed by atoms with Crippen LogP contribution in [-0.4, -0.2) is 24.4 Å². The van der Waals surface area contributed by atoms with E-state index in [4.69, 9.17) is 23.2 Å². The van der Waals surface area contributed by atoms with Crippen LogP contribution in [0.25, 0.3) is 0 Å². The quantitative estimate of drug-likeness (QED) is 0.890. The molecule has 0 spiro atoms. The van der Waals surface area contributed by atoms with Crippen LogP contribution < -0.4 is 4.72 Å². The van der Waals surface area contributed by atoms with Crippen LogP contribution in [0.3, 0.4) is 0 Å². The van der Waals surface area contributed by atoms with E-state index in [1.165, 1.54) is 12.1 Å². The summed E-state index contributed by atoms with van der Waals surface area (Å²) in [5.74, 6) is 0. The third kappa shape index (κ3) is 4.28. The van der Waals surface area contributed by atoms with Crippen LogP contribution in [0.2, 0.25) is 10.0 Å². The van der Waals surface area contributed by atoms with Gasteiger partial charge in [0.1, 0.15) is 6.54 Å². The van der Waals surface area contributed by atoms with Crippen molar-refractivity contribution in [1.29, 1.82) is 0 Å². The van der Waals surface area contributed by atoms with Crippen LogP contribution in [0.1, 0.15) is 0 Å². The van der Waals surface area contributed by atoms with Crippen molar-refractivity contribution in [2.24, 2.45) is 0 Å². The molecule has 0 amide bonds. The molecule has 11 heteroatoms. The molecule has 1 N–H and O–H groups in total. The molecule has 1 heterocycles. The van der Waals surface area contributed by atoms with Crippen molar-refractivity contribution in [3.63, 3.8) is 0 Å². The molecule has 0 aliphatic rings. The second kappa shape index (κ2) is 5.98. The van der Waals surface area contributed by atoms with Gasteiger partial charge < -0.3 is 0 Å². The van der Waals surface area contributed by atoms with Crippen molar-refractivity contribution < 1.29 is 21.6 Å². The number of sulfonamides is 1. The van der Waals surface area contributed by atoms with Crippen LogP contribution in [0, 0.1) is 0 Å². The molecule has 2 aromatic rings. The van der Waals surface area contributed by atoms with Crippen molar-refractivity contribution in [2.45, 2.75) is 17.6 Å². The maximum absolute atomic E-state index is 12.2. The normalized spacial score (nSPS) is 12.4. The number of aromatic nitrogens is 2. The van der Waals surface area contributed by atoms with Gasteiger partial charge in [0.15, 0.2) is 0 Å². The summed E-state index contributed by atoms with van der Waals surface area (Å²) < 4.78 is 63.5. The van der Waals surface area contributed by atoms with Gasteiger partial charge in [-0.2, -0.15) is 18.3 Å². The number of hydrogen-bond donors (Lipinski definition) is 1. The maximum Gasteiger partial charge on any atom is 0.408 e. The zero-order valence-corrected chi connectivity index (χ0v) is 12.9. The number of hydrogen-bond acceptors (Lipinski definition) is 3. The molecule has 1 aromatic heterocycles. The molecular weight excluding hydrogens is 366 g/mol. The largest absolute Gasteiger partial charge is 0.408 e. The molecule has 0 aliphatic heterocycles.